The van der Waals surface area contributed by atoms with Gasteiger partial charge in [-0.3, -0.25) is 9.78 Å². The molecule has 0 saturated carbocycles. The number of hydrogen-bond acceptors (Lipinski definition) is 6. The highest BCUT2D eigenvalue weighted by Crippen LogP contribution is 2.34. The summed E-state index contributed by atoms with van der Waals surface area (Å²) in [4.78, 5) is 21.9. The summed E-state index contributed by atoms with van der Waals surface area (Å²) in [5.74, 6) is -5.57. The van der Waals surface area contributed by atoms with Crippen LogP contribution in [0.1, 0.15) is 23.4 Å². The predicted octanol–water partition coefficient (Wildman–Crippen LogP) is 4.27. The number of alkyl halides is 7. The van der Waals surface area contributed by atoms with Gasteiger partial charge < -0.3 is 5.32 Å². The molecule has 1 aromatic carbocycles. The Kier molecular flexibility index (Phi) is 8.01. The number of halogens is 9. The number of carbonyl (C=O) groups is 1. The van der Waals surface area contributed by atoms with Crippen LogP contribution in [-0.2, 0) is 33.7 Å². The third kappa shape index (κ3) is 6.42. The van der Waals surface area contributed by atoms with Crippen LogP contribution in [0.4, 0.5) is 39.5 Å². The maximum Gasteiger partial charge on any atom is 0.451 e. The van der Waals surface area contributed by atoms with E-state index in [0.29, 0.717) is 41.1 Å². The van der Waals surface area contributed by atoms with Crippen molar-refractivity contribution >= 4 is 15.9 Å². The minimum Gasteiger partial charge on any atom is -0.351 e. The van der Waals surface area contributed by atoms with E-state index < -0.39 is 93.5 Å². The molecular weight excluding hydrogens is 597 g/mol. The molecule has 0 unspecified atom stereocenters. The number of aromatic nitrogens is 3. The highest BCUT2D eigenvalue weighted by atomic mass is 32.2. The first-order valence-corrected chi connectivity index (χ1v) is 12.8. The Balaban J connectivity index is 1.59. The maximum atomic E-state index is 14.2. The Morgan fingerprint density at radius 1 is 0.951 bits per heavy atom. The van der Waals surface area contributed by atoms with Crippen molar-refractivity contribution in [3.63, 3.8) is 0 Å². The van der Waals surface area contributed by atoms with Crippen molar-refractivity contribution in [2.45, 2.75) is 42.4 Å². The Bertz CT molecular complexity index is 1560. The molecule has 1 aliphatic heterocycles. The van der Waals surface area contributed by atoms with Gasteiger partial charge in [0.1, 0.15) is 12.2 Å². The van der Waals surface area contributed by atoms with Crippen molar-refractivity contribution in [2.75, 3.05) is 6.54 Å². The van der Waals surface area contributed by atoms with Gasteiger partial charge in [-0.2, -0.15) is 30.6 Å². The molecule has 1 fully saturated rings. The van der Waals surface area contributed by atoms with Crippen LogP contribution in [-0.4, -0.2) is 52.3 Å². The topological polar surface area (TPSA) is 105 Å². The first-order chi connectivity index (χ1) is 19.0. The number of benzene rings is 1. The molecule has 1 aliphatic rings. The average molecular weight is 613 g/mol. The van der Waals surface area contributed by atoms with E-state index in [2.05, 4.69) is 20.3 Å². The highest BCUT2D eigenvalue weighted by molar-refractivity contribution is 7.89. The SMILES string of the molecule is O=C(NCc1cc(-c2cnc(C(F)(F)F)nc2)ncc1C(F)(F)F)[C@@H]1C[C@@H](F)CN1S(=O)(=O)c1ccc(F)c(F)c1. The van der Waals surface area contributed by atoms with Crippen LogP contribution < -0.4 is 5.32 Å². The number of rotatable bonds is 6. The van der Waals surface area contributed by atoms with Crippen LogP contribution in [0.15, 0.2) is 47.8 Å². The third-order valence-electron chi connectivity index (χ3n) is 5.95. The molecule has 220 valence electrons. The van der Waals surface area contributed by atoms with Crippen molar-refractivity contribution in [3.05, 3.63) is 71.4 Å². The van der Waals surface area contributed by atoms with Crippen LogP contribution in [0, 0.1) is 11.6 Å². The lowest BCUT2D eigenvalue weighted by Crippen LogP contribution is -2.45. The molecule has 18 heteroatoms. The summed E-state index contributed by atoms with van der Waals surface area (Å²) in [5.41, 5.74) is -2.39. The van der Waals surface area contributed by atoms with E-state index in [9.17, 15) is 52.7 Å². The molecule has 0 radical (unpaired) electrons. The summed E-state index contributed by atoms with van der Waals surface area (Å²) in [6.45, 7) is -1.71. The van der Waals surface area contributed by atoms with Gasteiger partial charge in [-0.05, 0) is 29.8 Å². The molecule has 0 bridgehead atoms. The zero-order valence-electron chi connectivity index (χ0n) is 20.1. The zero-order chi connectivity index (χ0) is 30.3. The van der Waals surface area contributed by atoms with E-state index in [0.717, 1.165) is 6.07 Å². The zero-order valence-corrected chi connectivity index (χ0v) is 21.0. The molecule has 3 aromatic rings. The molecule has 0 spiro atoms. The summed E-state index contributed by atoms with van der Waals surface area (Å²) < 4.78 is 146. The average Bonchev–Trinajstić information content (AvgIpc) is 3.30. The monoisotopic (exact) mass is 613 g/mol. The molecule has 3 heterocycles. The van der Waals surface area contributed by atoms with E-state index in [1.165, 1.54) is 0 Å². The van der Waals surface area contributed by atoms with Gasteiger partial charge in [0.25, 0.3) is 0 Å². The van der Waals surface area contributed by atoms with Gasteiger partial charge in [0.05, 0.1) is 16.2 Å². The lowest BCUT2D eigenvalue weighted by molar-refractivity contribution is -0.145. The molecule has 41 heavy (non-hydrogen) atoms. The van der Waals surface area contributed by atoms with Crippen molar-refractivity contribution in [1.82, 2.24) is 24.6 Å². The van der Waals surface area contributed by atoms with E-state index in [1.807, 2.05) is 0 Å². The van der Waals surface area contributed by atoms with E-state index in [4.69, 9.17) is 0 Å². The van der Waals surface area contributed by atoms with Crippen molar-refractivity contribution < 1.29 is 52.7 Å². The molecule has 1 N–H and O–H groups in total. The number of nitrogens with one attached hydrogen (secondary N) is 1. The summed E-state index contributed by atoms with van der Waals surface area (Å²) in [7, 11) is -4.73. The number of hydrogen-bond donors (Lipinski definition) is 1. The molecular formula is C23H16F9N5O3S. The summed E-state index contributed by atoms with van der Waals surface area (Å²) in [5, 5.41) is 2.10. The summed E-state index contributed by atoms with van der Waals surface area (Å²) >= 11 is 0. The maximum absolute atomic E-state index is 14.2. The molecule has 8 nitrogen and oxygen atoms in total. The molecule has 1 saturated heterocycles. The van der Waals surface area contributed by atoms with Crippen molar-refractivity contribution in [3.8, 4) is 11.3 Å². The number of pyridine rings is 1. The first-order valence-electron chi connectivity index (χ1n) is 11.3. The van der Waals surface area contributed by atoms with E-state index in [-0.39, 0.29) is 11.3 Å². The quantitative estimate of drug-likeness (QED) is 0.417. The number of sulfonamides is 1. The van der Waals surface area contributed by atoms with E-state index >= 15 is 0 Å². The smallest absolute Gasteiger partial charge is 0.351 e. The van der Waals surface area contributed by atoms with Crippen LogP contribution in [0.3, 0.4) is 0 Å². The van der Waals surface area contributed by atoms with Gasteiger partial charge in [-0.25, -0.2) is 31.6 Å². The Morgan fingerprint density at radius 3 is 2.20 bits per heavy atom. The van der Waals surface area contributed by atoms with Crippen LogP contribution in [0.2, 0.25) is 0 Å². The van der Waals surface area contributed by atoms with Crippen molar-refractivity contribution in [2.24, 2.45) is 0 Å². The lowest BCUT2D eigenvalue weighted by Gasteiger charge is -2.23. The normalized spacial score (nSPS) is 18.5. The van der Waals surface area contributed by atoms with Gasteiger partial charge in [0.2, 0.25) is 21.8 Å². The molecule has 2 atom stereocenters. The van der Waals surface area contributed by atoms with Crippen LogP contribution in [0.25, 0.3) is 11.3 Å². The minimum atomic E-state index is -4.98. The fourth-order valence-electron chi connectivity index (χ4n) is 4.00. The molecule has 0 aliphatic carbocycles. The standard InChI is InChI=1S/C23H16F9N5O3S/c24-13-4-19(37(10-13)41(39,40)14-1-2-16(25)17(26)5-14)20(38)34-6-11-3-18(33-9-15(11)22(27,28)29)12-7-35-21(36-8-12)23(30,31)32/h1-3,5,7-9,13,19H,4,6,10H2,(H,34,38)/t13-,19+/m1/s1. The number of amides is 1. The fourth-order valence-corrected chi connectivity index (χ4v) is 5.63. The first kappa shape index (κ1) is 30.2. The highest BCUT2D eigenvalue weighted by Gasteiger charge is 2.44. The Hall–Kier alpha value is -3.80. The lowest BCUT2D eigenvalue weighted by atomic mass is 10.1. The molecule has 1 amide bonds. The van der Waals surface area contributed by atoms with Gasteiger partial charge in [-0.1, -0.05) is 0 Å². The van der Waals surface area contributed by atoms with Gasteiger partial charge in [0.15, 0.2) is 11.6 Å². The minimum absolute atomic E-state index is 0.181. The second kappa shape index (κ2) is 10.9. The van der Waals surface area contributed by atoms with Crippen LogP contribution >= 0.6 is 0 Å². The number of nitrogens with zero attached hydrogens (tertiary/aromatic N) is 4. The predicted molar refractivity (Wildman–Crippen MR) is 121 cm³/mol. The largest absolute Gasteiger partial charge is 0.451 e. The summed E-state index contributed by atoms with van der Waals surface area (Å²) in [6.07, 6.45) is -10.6. The van der Waals surface area contributed by atoms with Crippen LogP contribution in [0.5, 0.6) is 0 Å². The van der Waals surface area contributed by atoms with Gasteiger partial charge >= 0.3 is 12.4 Å². The second-order valence-corrected chi connectivity index (χ2v) is 10.6. The summed E-state index contributed by atoms with van der Waals surface area (Å²) in [6, 6.07) is 0.624. The second-order valence-electron chi connectivity index (χ2n) is 8.73. The van der Waals surface area contributed by atoms with Gasteiger partial charge in [0, 0.05) is 43.7 Å². The fraction of sp³-hybridized carbons (Fsp3) is 0.304. The number of carbonyl (C=O) groups excluding carboxylic acids is 1. The molecule has 4 rings (SSSR count). The Labute approximate surface area is 225 Å². The Morgan fingerprint density at radius 2 is 1.61 bits per heavy atom. The molecule has 2 aromatic heterocycles. The van der Waals surface area contributed by atoms with Crippen molar-refractivity contribution in [1.29, 1.82) is 0 Å². The van der Waals surface area contributed by atoms with Gasteiger partial charge in [-0.15, -0.1) is 0 Å². The van der Waals surface area contributed by atoms with E-state index in [1.54, 1.807) is 0 Å². The third-order valence-corrected chi connectivity index (χ3v) is 7.82.